The largest absolute Gasteiger partial charge is 0.326 e. The molecule has 78 valence electrons. The maximum absolute atomic E-state index is 10.9. The third-order valence-electron chi connectivity index (χ3n) is 2.18. The minimum atomic E-state index is -0.533. The molecule has 3 heteroatoms. The number of nitrogens with zero attached hydrogens (tertiary/aromatic N) is 1. The Kier molecular flexibility index (Phi) is 3.11. The van der Waals surface area contributed by atoms with E-state index >= 15 is 0 Å². The Morgan fingerprint density at radius 2 is 2.13 bits per heavy atom. The number of anilines is 1. The number of hydrogen-bond acceptors (Lipinski definition) is 2. The van der Waals surface area contributed by atoms with Crippen LogP contribution in [0.1, 0.15) is 26.3 Å². The van der Waals surface area contributed by atoms with Gasteiger partial charge in [0.15, 0.2) is 0 Å². The number of rotatable bonds is 2. The molecular weight excluding hydrogens is 188 g/mol. The van der Waals surface area contributed by atoms with Gasteiger partial charge < -0.3 is 5.32 Å². The molecule has 0 aliphatic heterocycles. The van der Waals surface area contributed by atoms with Gasteiger partial charge in [-0.15, -0.1) is 0 Å². The zero-order chi connectivity index (χ0) is 11.5. The number of nitriles is 1. The number of amides is 1. The van der Waals surface area contributed by atoms with Gasteiger partial charge >= 0.3 is 0 Å². The second-order valence-electron chi connectivity index (χ2n) is 4.00. The fourth-order valence-electron chi connectivity index (χ4n) is 1.25. The molecule has 0 aliphatic rings. The smallest absolute Gasteiger partial charge is 0.221 e. The molecule has 1 aromatic rings. The van der Waals surface area contributed by atoms with E-state index in [0.717, 1.165) is 11.3 Å². The van der Waals surface area contributed by atoms with Gasteiger partial charge in [0.25, 0.3) is 0 Å². The van der Waals surface area contributed by atoms with E-state index in [0.29, 0.717) is 0 Å². The molecule has 0 saturated carbocycles. The van der Waals surface area contributed by atoms with Crippen LogP contribution >= 0.6 is 0 Å². The van der Waals surface area contributed by atoms with Crippen molar-refractivity contribution in [2.24, 2.45) is 0 Å². The first-order valence-corrected chi connectivity index (χ1v) is 4.75. The molecule has 0 bridgehead atoms. The summed E-state index contributed by atoms with van der Waals surface area (Å²) in [5.41, 5.74) is 1.09. The zero-order valence-corrected chi connectivity index (χ0v) is 9.16. The highest BCUT2D eigenvalue weighted by Gasteiger charge is 2.19. The first-order chi connectivity index (χ1) is 6.95. The van der Waals surface area contributed by atoms with Crippen LogP contribution in [0.3, 0.4) is 0 Å². The Morgan fingerprint density at radius 3 is 2.67 bits per heavy atom. The number of nitrogens with one attached hydrogen (secondary N) is 1. The number of carbonyl (C=O) groups is 1. The van der Waals surface area contributed by atoms with E-state index in [-0.39, 0.29) is 5.91 Å². The summed E-state index contributed by atoms with van der Waals surface area (Å²) in [6, 6.07) is 9.57. The molecule has 0 aliphatic carbocycles. The monoisotopic (exact) mass is 202 g/mol. The molecule has 0 fully saturated rings. The molecule has 0 spiro atoms. The lowest BCUT2D eigenvalue weighted by atomic mass is 9.86. The van der Waals surface area contributed by atoms with Crippen LogP contribution in [0.4, 0.5) is 5.69 Å². The SMILES string of the molecule is CC(=O)Nc1cccc(C(C)(C)C#N)c1. The van der Waals surface area contributed by atoms with Crippen molar-refractivity contribution in [3.63, 3.8) is 0 Å². The second kappa shape index (κ2) is 4.14. The van der Waals surface area contributed by atoms with Crippen molar-refractivity contribution in [1.29, 1.82) is 5.26 Å². The Balaban J connectivity index is 3.04. The topological polar surface area (TPSA) is 52.9 Å². The van der Waals surface area contributed by atoms with Crippen molar-refractivity contribution < 1.29 is 4.79 Å². The summed E-state index contributed by atoms with van der Waals surface area (Å²) in [6.07, 6.45) is 0. The minimum Gasteiger partial charge on any atom is -0.326 e. The third kappa shape index (κ3) is 2.81. The highest BCUT2D eigenvalue weighted by molar-refractivity contribution is 5.88. The van der Waals surface area contributed by atoms with Crippen LogP contribution in [-0.2, 0) is 10.2 Å². The maximum atomic E-state index is 10.9. The van der Waals surface area contributed by atoms with Crippen molar-refractivity contribution >= 4 is 11.6 Å². The fourth-order valence-corrected chi connectivity index (χ4v) is 1.25. The van der Waals surface area contributed by atoms with Crippen molar-refractivity contribution in [2.75, 3.05) is 5.32 Å². The molecule has 1 amide bonds. The van der Waals surface area contributed by atoms with Crippen molar-refractivity contribution in [3.8, 4) is 6.07 Å². The molecule has 0 atom stereocenters. The summed E-state index contributed by atoms with van der Waals surface area (Å²) >= 11 is 0. The van der Waals surface area contributed by atoms with Gasteiger partial charge in [-0.2, -0.15) is 5.26 Å². The van der Waals surface area contributed by atoms with Gasteiger partial charge in [0.1, 0.15) is 0 Å². The quantitative estimate of drug-likeness (QED) is 0.800. The molecule has 3 nitrogen and oxygen atoms in total. The van der Waals surface area contributed by atoms with Gasteiger partial charge in [-0.3, -0.25) is 4.79 Å². The standard InChI is InChI=1S/C12H14N2O/c1-9(15)14-11-6-4-5-10(7-11)12(2,3)8-13/h4-7H,1-3H3,(H,14,15). The molecule has 0 aromatic heterocycles. The second-order valence-corrected chi connectivity index (χ2v) is 4.00. The predicted octanol–water partition coefficient (Wildman–Crippen LogP) is 2.45. The molecule has 0 unspecified atom stereocenters. The summed E-state index contributed by atoms with van der Waals surface area (Å²) < 4.78 is 0. The normalized spacial score (nSPS) is 10.5. The molecule has 0 radical (unpaired) electrons. The lowest BCUT2D eigenvalue weighted by molar-refractivity contribution is -0.114. The van der Waals surface area contributed by atoms with E-state index in [9.17, 15) is 4.79 Å². The predicted molar refractivity (Wildman–Crippen MR) is 59.4 cm³/mol. The van der Waals surface area contributed by atoms with E-state index in [2.05, 4.69) is 11.4 Å². The molecule has 15 heavy (non-hydrogen) atoms. The average Bonchev–Trinajstić information content (AvgIpc) is 2.17. The first kappa shape index (κ1) is 11.3. The summed E-state index contributed by atoms with van der Waals surface area (Å²) in [5, 5.41) is 11.7. The van der Waals surface area contributed by atoms with Crippen LogP contribution in [0.15, 0.2) is 24.3 Å². The van der Waals surface area contributed by atoms with Gasteiger partial charge in [-0.25, -0.2) is 0 Å². The highest BCUT2D eigenvalue weighted by Crippen LogP contribution is 2.24. The van der Waals surface area contributed by atoms with Gasteiger partial charge in [0.2, 0.25) is 5.91 Å². The molecule has 1 rings (SSSR count). The molecule has 1 aromatic carbocycles. The molecular formula is C12H14N2O. The third-order valence-corrected chi connectivity index (χ3v) is 2.18. The summed E-state index contributed by atoms with van der Waals surface area (Å²) in [5.74, 6) is -0.109. The van der Waals surface area contributed by atoms with Gasteiger partial charge in [0, 0.05) is 12.6 Å². The summed E-state index contributed by atoms with van der Waals surface area (Å²) in [4.78, 5) is 10.9. The Morgan fingerprint density at radius 1 is 1.47 bits per heavy atom. The number of carbonyl (C=O) groups excluding carboxylic acids is 1. The summed E-state index contributed by atoms with van der Waals surface area (Å²) in [6.45, 7) is 5.15. The van der Waals surface area contributed by atoms with Crippen LogP contribution < -0.4 is 5.32 Å². The Bertz CT molecular complexity index is 416. The van der Waals surface area contributed by atoms with Gasteiger partial charge in [-0.1, -0.05) is 12.1 Å². The van der Waals surface area contributed by atoms with Crippen molar-refractivity contribution in [1.82, 2.24) is 0 Å². The van der Waals surface area contributed by atoms with Crippen molar-refractivity contribution in [3.05, 3.63) is 29.8 Å². The zero-order valence-electron chi connectivity index (χ0n) is 9.16. The number of benzene rings is 1. The van der Waals surface area contributed by atoms with Crippen LogP contribution in [0.2, 0.25) is 0 Å². The van der Waals surface area contributed by atoms with Gasteiger partial charge in [0.05, 0.1) is 11.5 Å². The molecule has 0 heterocycles. The van der Waals surface area contributed by atoms with Crippen LogP contribution in [-0.4, -0.2) is 5.91 Å². The Labute approximate surface area is 89.7 Å². The van der Waals surface area contributed by atoms with E-state index in [1.54, 1.807) is 6.07 Å². The lowest BCUT2D eigenvalue weighted by Gasteiger charge is -2.16. The summed E-state index contributed by atoms with van der Waals surface area (Å²) in [7, 11) is 0. The highest BCUT2D eigenvalue weighted by atomic mass is 16.1. The number of hydrogen-bond donors (Lipinski definition) is 1. The van der Waals surface area contributed by atoms with E-state index in [4.69, 9.17) is 5.26 Å². The van der Waals surface area contributed by atoms with Crippen LogP contribution in [0.5, 0.6) is 0 Å². The Hall–Kier alpha value is -1.82. The lowest BCUT2D eigenvalue weighted by Crippen LogP contribution is -2.14. The van der Waals surface area contributed by atoms with E-state index < -0.39 is 5.41 Å². The van der Waals surface area contributed by atoms with Crippen molar-refractivity contribution in [2.45, 2.75) is 26.2 Å². The van der Waals surface area contributed by atoms with Crippen LogP contribution in [0, 0.1) is 11.3 Å². The van der Waals surface area contributed by atoms with E-state index in [1.165, 1.54) is 6.92 Å². The molecule has 1 N–H and O–H groups in total. The van der Waals surface area contributed by atoms with Gasteiger partial charge in [-0.05, 0) is 31.5 Å². The average molecular weight is 202 g/mol. The van der Waals surface area contributed by atoms with E-state index in [1.807, 2.05) is 32.0 Å². The minimum absolute atomic E-state index is 0.109. The molecule has 0 saturated heterocycles. The first-order valence-electron chi connectivity index (χ1n) is 4.75. The maximum Gasteiger partial charge on any atom is 0.221 e. The van der Waals surface area contributed by atoms with Crippen LogP contribution in [0.25, 0.3) is 0 Å². The fraction of sp³-hybridized carbons (Fsp3) is 0.333.